The number of rotatable bonds is 8. The van der Waals surface area contributed by atoms with Crippen molar-refractivity contribution in [1.82, 2.24) is 15.0 Å². The summed E-state index contributed by atoms with van der Waals surface area (Å²) < 4.78 is -0.130. The second-order valence-corrected chi connectivity index (χ2v) is 10.1. The molecule has 2 aromatic heterocycles. The molecule has 152 valence electrons. The van der Waals surface area contributed by atoms with Gasteiger partial charge in [-0.15, -0.1) is 11.3 Å². The number of anilines is 1. The molecule has 0 saturated heterocycles. The van der Waals surface area contributed by atoms with E-state index in [-0.39, 0.29) is 0 Å². The molecule has 2 heterocycles. The maximum Gasteiger partial charge on any atom is 0.319 e. The summed E-state index contributed by atoms with van der Waals surface area (Å²) in [6.45, 7) is 4.09. The van der Waals surface area contributed by atoms with Crippen molar-refractivity contribution in [2.45, 2.75) is 29.4 Å². The van der Waals surface area contributed by atoms with E-state index < -0.39 is 10.7 Å². The van der Waals surface area contributed by atoms with Crippen molar-refractivity contribution in [1.29, 1.82) is 0 Å². The highest BCUT2D eigenvalue weighted by atomic mass is 35.5. The van der Waals surface area contributed by atoms with Gasteiger partial charge in [-0.3, -0.25) is 9.78 Å². The van der Waals surface area contributed by atoms with Gasteiger partial charge in [0, 0.05) is 36.0 Å². The summed E-state index contributed by atoms with van der Waals surface area (Å²) in [6, 6.07) is 7.49. The Morgan fingerprint density at radius 3 is 2.59 bits per heavy atom. The van der Waals surface area contributed by atoms with Crippen LogP contribution in [0.3, 0.4) is 0 Å². The van der Waals surface area contributed by atoms with Gasteiger partial charge in [-0.05, 0) is 26.0 Å². The maximum absolute atomic E-state index is 11.3. The Morgan fingerprint density at radius 2 is 1.97 bits per heavy atom. The Balaban J connectivity index is 1.57. The van der Waals surface area contributed by atoms with E-state index in [0.717, 1.165) is 40.1 Å². The molecular weight excluding hydrogens is 428 g/mol. The van der Waals surface area contributed by atoms with Gasteiger partial charge in [0.15, 0.2) is 4.34 Å². The Morgan fingerprint density at radius 1 is 1.24 bits per heavy atom. The Kier molecular flexibility index (Phi) is 6.77. The van der Waals surface area contributed by atoms with Gasteiger partial charge in [-0.25, -0.2) is 9.97 Å². The molecule has 0 aliphatic heterocycles. The van der Waals surface area contributed by atoms with E-state index in [2.05, 4.69) is 15.0 Å². The summed E-state index contributed by atoms with van der Waals surface area (Å²) in [5.41, 5.74) is 2.70. The molecule has 29 heavy (non-hydrogen) atoms. The first-order chi connectivity index (χ1) is 13.7. The summed E-state index contributed by atoms with van der Waals surface area (Å²) in [6.07, 6.45) is 4.24. The van der Waals surface area contributed by atoms with E-state index in [9.17, 15) is 9.90 Å². The van der Waals surface area contributed by atoms with Crippen LogP contribution in [0, 0.1) is 0 Å². The fourth-order valence-corrected chi connectivity index (χ4v) is 4.75. The van der Waals surface area contributed by atoms with Crippen molar-refractivity contribution in [2.24, 2.45) is 0 Å². The van der Waals surface area contributed by atoms with Gasteiger partial charge in [0.25, 0.3) is 0 Å². The van der Waals surface area contributed by atoms with Crippen LogP contribution < -0.4 is 4.90 Å². The van der Waals surface area contributed by atoms with Crippen molar-refractivity contribution < 1.29 is 9.90 Å². The van der Waals surface area contributed by atoms with Gasteiger partial charge >= 0.3 is 5.97 Å². The molecule has 0 amide bonds. The number of carbonyl (C=O) groups is 1. The van der Waals surface area contributed by atoms with E-state index in [0.29, 0.717) is 5.02 Å². The van der Waals surface area contributed by atoms with E-state index in [1.807, 2.05) is 41.6 Å². The van der Waals surface area contributed by atoms with Crippen molar-refractivity contribution in [3.63, 3.8) is 0 Å². The number of aromatic nitrogens is 3. The molecule has 0 saturated carbocycles. The predicted octanol–water partition coefficient (Wildman–Crippen LogP) is 4.89. The van der Waals surface area contributed by atoms with Crippen LogP contribution in [0.4, 0.5) is 5.82 Å². The minimum absolute atomic E-state index is 0.688. The zero-order valence-electron chi connectivity index (χ0n) is 16.3. The van der Waals surface area contributed by atoms with E-state index in [4.69, 9.17) is 11.6 Å². The number of benzene rings is 1. The van der Waals surface area contributed by atoms with Crippen molar-refractivity contribution in [2.75, 3.05) is 18.5 Å². The van der Waals surface area contributed by atoms with E-state index >= 15 is 0 Å². The van der Waals surface area contributed by atoms with Crippen LogP contribution in [-0.2, 0) is 11.2 Å². The molecule has 0 unspecified atom stereocenters. The van der Waals surface area contributed by atoms with Gasteiger partial charge in [0.2, 0.25) is 0 Å². The number of halogens is 1. The van der Waals surface area contributed by atoms with Crippen LogP contribution in [-0.4, -0.2) is 44.4 Å². The topological polar surface area (TPSA) is 79.2 Å². The third-order valence-corrected chi connectivity index (χ3v) is 6.69. The monoisotopic (exact) mass is 448 g/mol. The molecular formula is C20H21ClN4O2S2. The molecule has 0 fully saturated rings. The molecule has 9 heteroatoms. The Labute approximate surface area is 183 Å². The second-order valence-electron chi connectivity index (χ2n) is 6.96. The lowest BCUT2D eigenvalue weighted by Gasteiger charge is -2.17. The average Bonchev–Trinajstić information content (AvgIpc) is 3.13. The summed E-state index contributed by atoms with van der Waals surface area (Å²) in [5.74, 6) is -0.0702. The molecule has 0 bridgehead atoms. The predicted molar refractivity (Wildman–Crippen MR) is 119 cm³/mol. The molecule has 3 aromatic rings. The van der Waals surface area contributed by atoms with Crippen LogP contribution in [0.2, 0.25) is 5.02 Å². The van der Waals surface area contributed by atoms with Crippen LogP contribution in [0.25, 0.3) is 11.3 Å². The lowest BCUT2D eigenvalue weighted by Crippen LogP contribution is -2.26. The molecule has 1 N–H and O–H groups in total. The number of thiazole rings is 1. The first-order valence-corrected chi connectivity index (χ1v) is 11.0. The SMILES string of the molecule is CN(CCc1csc(SC(C)(C)C(=O)O)n1)c1cnc(-c2ccc(Cl)cc2)cn1. The molecule has 0 aliphatic carbocycles. The van der Waals surface area contributed by atoms with Crippen LogP contribution >= 0.6 is 34.7 Å². The average molecular weight is 449 g/mol. The normalized spacial score (nSPS) is 11.4. The van der Waals surface area contributed by atoms with E-state index in [1.54, 1.807) is 26.2 Å². The molecule has 0 radical (unpaired) electrons. The highest BCUT2D eigenvalue weighted by Gasteiger charge is 2.29. The smallest absolute Gasteiger partial charge is 0.319 e. The first kappa shape index (κ1) is 21.5. The number of likely N-dealkylation sites (N-methyl/N-ethyl adjacent to an activating group) is 1. The quantitative estimate of drug-likeness (QED) is 0.491. The minimum Gasteiger partial charge on any atom is -0.480 e. The van der Waals surface area contributed by atoms with Crippen LogP contribution in [0.5, 0.6) is 0 Å². The number of aliphatic carboxylic acids is 1. The number of carboxylic acid groups (broad SMARTS) is 1. The molecule has 3 rings (SSSR count). The van der Waals surface area contributed by atoms with Gasteiger partial charge in [0.05, 0.1) is 23.8 Å². The van der Waals surface area contributed by atoms with Crippen LogP contribution in [0.15, 0.2) is 46.4 Å². The van der Waals surface area contributed by atoms with Gasteiger partial charge in [-0.1, -0.05) is 35.5 Å². The van der Waals surface area contributed by atoms with Crippen molar-refractivity contribution in [3.05, 3.63) is 52.8 Å². The zero-order valence-corrected chi connectivity index (χ0v) is 18.7. The fourth-order valence-electron chi connectivity index (χ4n) is 2.40. The summed E-state index contributed by atoms with van der Waals surface area (Å²) in [7, 11) is 1.96. The highest BCUT2D eigenvalue weighted by molar-refractivity contribution is 8.02. The lowest BCUT2D eigenvalue weighted by molar-refractivity contribution is -0.138. The zero-order chi connectivity index (χ0) is 21.0. The molecule has 0 atom stereocenters. The summed E-state index contributed by atoms with van der Waals surface area (Å²) in [4.78, 5) is 26.8. The highest BCUT2D eigenvalue weighted by Crippen LogP contribution is 2.34. The van der Waals surface area contributed by atoms with Gasteiger partial charge in [-0.2, -0.15) is 0 Å². The number of nitrogens with zero attached hydrogens (tertiary/aromatic N) is 4. The van der Waals surface area contributed by atoms with Crippen molar-refractivity contribution >= 4 is 46.5 Å². The summed E-state index contributed by atoms with van der Waals surface area (Å²) in [5, 5.41) is 11.9. The van der Waals surface area contributed by atoms with Gasteiger partial charge in [0.1, 0.15) is 10.6 Å². The lowest BCUT2D eigenvalue weighted by atomic mass is 10.2. The minimum atomic E-state index is -0.895. The molecule has 0 spiro atoms. The molecule has 6 nitrogen and oxygen atoms in total. The van der Waals surface area contributed by atoms with Gasteiger partial charge < -0.3 is 10.0 Å². The fraction of sp³-hybridized carbons (Fsp3) is 0.300. The number of thioether (sulfide) groups is 1. The molecule has 0 aliphatic rings. The Hall–Kier alpha value is -2.16. The van der Waals surface area contributed by atoms with Crippen LogP contribution in [0.1, 0.15) is 19.5 Å². The van der Waals surface area contributed by atoms with E-state index in [1.165, 1.54) is 23.1 Å². The number of hydrogen-bond donors (Lipinski definition) is 1. The van der Waals surface area contributed by atoms with Crippen molar-refractivity contribution in [3.8, 4) is 11.3 Å². The number of carboxylic acids is 1. The molecule has 1 aromatic carbocycles. The maximum atomic E-state index is 11.3. The summed E-state index contributed by atoms with van der Waals surface area (Å²) >= 11 is 8.67. The first-order valence-electron chi connectivity index (χ1n) is 8.90. The largest absolute Gasteiger partial charge is 0.480 e. The third-order valence-electron chi connectivity index (χ3n) is 4.26. The Bertz CT molecular complexity index is 975. The third kappa shape index (κ3) is 5.68. The second kappa shape index (κ2) is 9.11. The number of hydrogen-bond acceptors (Lipinski definition) is 7. The standard InChI is InChI=1S/C20H21ClN4O2S2/c1-20(2,18(26)27)29-19-24-15(12-28-19)8-9-25(3)17-11-22-16(10-23-17)13-4-6-14(21)7-5-13/h4-7,10-12H,8-9H2,1-3H3,(H,26,27).